The Bertz CT molecular complexity index is 473. The molecule has 19 heavy (non-hydrogen) atoms. The van der Waals surface area contributed by atoms with Gasteiger partial charge in [-0.1, -0.05) is 18.2 Å². The lowest BCUT2D eigenvalue weighted by Gasteiger charge is -2.16. The Labute approximate surface area is 110 Å². The SMILES string of the molecule is CC(NC(=O)c1ccccc1)C(=O)N[C@@H](C)C(=O)O. The third kappa shape index (κ3) is 4.42. The van der Waals surface area contributed by atoms with E-state index < -0.39 is 24.0 Å². The fourth-order valence-electron chi connectivity index (χ4n) is 1.34. The van der Waals surface area contributed by atoms with Crippen LogP contribution in [0.2, 0.25) is 0 Å². The Kier molecular flexibility index (Phi) is 5.05. The van der Waals surface area contributed by atoms with Gasteiger partial charge in [-0.15, -0.1) is 0 Å². The Hall–Kier alpha value is -2.37. The largest absolute Gasteiger partial charge is 0.480 e. The number of benzene rings is 1. The highest BCUT2D eigenvalue weighted by Gasteiger charge is 2.20. The highest BCUT2D eigenvalue weighted by molar-refractivity contribution is 5.97. The van der Waals surface area contributed by atoms with Crippen molar-refractivity contribution in [3.05, 3.63) is 35.9 Å². The number of hydrogen-bond acceptors (Lipinski definition) is 3. The average molecular weight is 264 g/mol. The van der Waals surface area contributed by atoms with Crippen molar-refractivity contribution in [3.63, 3.8) is 0 Å². The second-order valence-electron chi connectivity index (χ2n) is 4.13. The molecule has 0 fully saturated rings. The minimum absolute atomic E-state index is 0.383. The minimum Gasteiger partial charge on any atom is -0.480 e. The van der Waals surface area contributed by atoms with E-state index in [0.717, 1.165) is 0 Å². The first-order valence-corrected chi connectivity index (χ1v) is 5.81. The predicted octanol–water partition coefficient (Wildman–Crippen LogP) is 0.394. The second-order valence-corrected chi connectivity index (χ2v) is 4.13. The fraction of sp³-hybridized carbons (Fsp3) is 0.308. The molecule has 2 atom stereocenters. The molecule has 0 bridgehead atoms. The molecule has 0 aromatic heterocycles. The van der Waals surface area contributed by atoms with Crippen molar-refractivity contribution in [2.75, 3.05) is 0 Å². The van der Waals surface area contributed by atoms with Gasteiger partial charge in [0.2, 0.25) is 5.91 Å². The van der Waals surface area contributed by atoms with E-state index >= 15 is 0 Å². The van der Waals surface area contributed by atoms with Crippen molar-refractivity contribution < 1.29 is 19.5 Å². The molecule has 0 heterocycles. The van der Waals surface area contributed by atoms with Crippen molar-refractivity contribution in [2.24, 2.45) is 0 Å². The van der Waals surface area contributed by atoms with Gasteiger partial charge in [-0.25, -0.2) is 0 Å². The molecule has 0 aliphatic rings. The maximum Gasteiger partial charge on any atom is 0.325 e. The smallest absolute Gasteiger partial charge is 0.325 e. The monoisotopic (exact) mass is 264 g/mol. The van der Waals surface area contributed by atoms with Crippen molar-refractivity contribution >= 4 is 17.8 Å². The zero-order valence-corrected chi connectivity index (χ0v) is 10.7. The van der Waals surface area contributed by atoms with Gasteiger partial charge < -0.3 is 15.7 Å². The fourth-order valence-corrected chi connectivity index (χ4v) is 1.34. The summed E-state index contributed by atoms with van der Waals surface area (Å²) in [5.41, 5.74) is 0.438. The van der Waals surface area contributed by atoms with Crippen molar-refractivity contribution in [1.82, 2.24) is 10.6 Å². The summed E-state index contributed by atoms with van der Waals surface area (Å²) in [4.78, 5) is 34.0. The molecule has 0 spiro atoms. The Morgan fingerprint density at radius 2 is 1.58 bits per heavy atom. The Balaban J connectivity index is 2.55. The minimum atomic E-state index is -1.13. The number of nitrogens with one attached hydrogen (secondary N) is 2. The number of carbonyl (C=O) groups excluding carboxylic acids is 2. The summed E-state index contributed by atoms with van der Waals surface area (Å²) in [7, 11) is 0. The summed E-state index contributed by atoms with van der Waals surface area (Å²) in [5, 5.41) is 13.4. The summed E-state index contributed by atoms with van der Waals surface area (Å²) in [6.45, 7) is 2.84. The first-order valence-electron chi connectivity index (χ1n) is 5.81. The quantitative estimate of drug-likeness (QED) is 0.717. The van der Waals surface area contributed by atoms with E-state index in [0.29, 0.717) is 5.56 Å². The summed E-state index contributed by atoms with van der Waals surface area (Å²) < 4.78 is 0. The number of carbonyl (C=O) groups is 3. The van der Waals surface area contributed by atoms with Crippen LogP contribution < -0.4 is 10.6 Å². The van der Waals surface area contributed by atoms with E-state index in [1.807, 2.05) is 0 Å². The molecule has 0 aliphatic heterocycles. The third-order valence-electron chi connectivity index (χ3n) is 2.51. The maximum absolute atomic E-state index is 11.8. The van der Waals surface area contributed by atoms with Crippen LogP contribution >= 0.6 is 0 Å². The lowest BCUT2D eigenvalue weighted by atomic mass is 10.2. The number of carboxylic acid groups (broad SMARTS) is 1. The van der Waals surface area contributed by atoms with Crippen molar-refractivity contribution in [3.8, 4) is 0 Å². The molecule has 1 aromatic carbocycles. The zero-order valence-electron chi connectivity index (χ0n) is 10.7. The topological polar surface area (TPSA) is 95.5 Å². The molecule has 0 radical (unpaired) electrons. The lowest BCUT2D eigenvalue weighted by molar-refractivity contribution is -0.141. The van der Waals surface area contributed by atoms with Crippen LogP contribution in [0.4, 0.5) is 0 Å². The number of amides is 2. The van der Waals surface area contributed by atoms with Gasteiger partial charge >= 0.3 is 5.97 Å². The van der Waals surface area contributed by atoms with E-state index in [1.165, 1.54) is 13.8 Å². The van der Waals surface area contributed by atoms with Gasteiger partial charge in [-0.05, 0) is 26.0 Å². The van der Waals surface area contributed by atoms with Crippen LogP contribution in [0.3, 0.4) is 0 Å². The van der Waals surface area contributed by atoms with Gasteiger partial charge in [0, 0.05) is 5.56 Å². The first kappa shape index (κ1) is 14.7. The van der Waals surface area contributed by atoms with E-state index in [9.17, 15) is 14.4 Å². The van der Waals surface area contributed by atoms with Gasteiger partial charge in [-0.3, -0.25) is 14.4 Å². The van der Waals surface area contributed by atoms with Crippen LogP contribution in [0.25, 0.3) is 0 Å². The summed E-state index contributed by atoms with van der Waals surface area (Å²) in [6, 6.07) is 6.65. The molecule has 1 unspecified atom stereocenters. The first-order chi connectivity index (χ1) is 8.91. The van der Waals surface area contributed by atoms with Crippen LogP contribution in [0.1, 0.15) is 24.2 Å². The average Bonchev–Trinajstić information content (AvgIpc) is 2.39. The molecular formula is C13H16N2O4. The molecule has 0 saturated heterocycles. The molecule has 3 N–H and O–H groups in total. The number of carboxylic acids is 1. The van der Waals surface area contributed by atoms with Gasteiger partial charge in [0.1, 0.15) is 12.1 Å². The van der Waals surface area contributed by atoms with Gasteiger partial charge in [-0.2, -0.15) is 0 Å². The maximum atomic E-state index is 11.8. The molecule has 0 aliphatic carbocycles. The number of hydrogen-bond donors (Lipinski definition) is 3. The summed E-state index contributed by atoms with van der Waals surface area (Å²) >= 11 is 0. The summed E-state index contributed by atoms with van der Waals surface area (Å²) in [6.07, 6.45) is 0. The van der Waals surface area contributed by atoms with Crippen molar-refractivity contribution in [1.29, 1.82) is 0 Å². The predicted molar refractivity (Wildman–Crippen MR) is 68.6 cm³/mol. The molecule has 0 saturated carbocycles. The third-order valence-corrected chi connectivity index (χ3v) is 2.51. The number of aliphatic carboxylic acids is 1. The Morgan fingerprint density at radius 1 is 1.00 bits per heavy atom. The molecule has 2 amide bonds. The highest BCUT2D eigenvalue weighted by Crippen LogP contribution is 1.99. The molecule has 6 heteroatoms. The Morgan fingerprint density at radius 3 is 2.11 bits per heavy atom. The highest BCUT2D eigenvalue weighted by atomic mass is 16.4. The molecule has 102 valence electrons. The molecular weight excluding hydrogens is 248 g/mol. The van der Waals surface area contributed by atoms with E-state index in [1.54, 1.807) is 30.3 Å². The molecule has 1 rings (SSSR count). The normalized spacial score (nSPS) is 13.2. The van der Waals surface area contributed by atoms with E-state index in [4.69, 9.17) is 5.11 Å². The second kappa shape index (κ2) is 6.53. The van der Waals surface area contributed by atoms with Crippen LogP contribution in [0, 0.1) is 0 Å². The zero-order chi connectivity index (χ0) is 14.4. The van der Waals surface area contributed by atoms with Gasteiger partial charge in [0.05, 0.1) is 0 Å². The molecule has 1 aromatic rings. The van der Waals surface area contributed by atoms with Crippen LogP contribution in [0.5, 0.6) is 0 Å². The summed E-state index contributed by atoms with van der Waals surface area (Å²) in [5.74, 6) is -2.06. The van der Waals surface area contributed by atoms with E-state index in [-0.39, 0.29) is 5.91 Å². The van der Waals surface area contributed by atoms with Gasteiger partial charge in [0.15, 0.2) is 0 Å². The standard InChI is InChI=1S/C13H16N2O4/c1-8(11(16)15-9(2)13(18)19)14-12(17)10-6-4-3-5-7-10/h3-9H,1-2H3,(H,14,17)(H,15,16)(H,18,19)/t8?,9-/m0/s1. The van der Waals surface area contributed by atoms with Crippen LogP contribution in [-0.4, -0.2) is 35.0 Å². The lowest BCUT2D eigenvalue weighted by Crippen LogP contribution is -2.49. The molecule has 6 nitrogen and oxygen atoms in total. The van der Waals surface area contributed by atoms with Crippen LogP contribution in [-0.2, 0) is 9.59 Å². The number of rotatable bonds is 5. The van der Waals surface area contributed by atoms with E-state index in [2.05, 4.69) is 10.6 Å². The van der Waals surface area contributed by atoms with Crippen molar-refractivity contribution in [2.45, 2.75) is 25.9 Å². The van der Waals surface area contributed by atoms with Crippen LogP contribution in [0.15, 0.2) is 30.3 Å². The van der Waals surface area contributed by atoms with Gasteiger partial charge in [0.25, 0.3) is 5.91 Å².